The van der Waals surface area contributed by atoms with Crippen LogP contribution in [0.2, 0.25) is 5.15 Å². The second-order valence-electron chi connectivity index (χ2n) is 5.99. The molecule has 0 saturated heterocycles. The van der Waals surface area contributed by atoms with E-state index in [0.717, 1.165) is 42.5 Å². The monoisotopic (exact) mass is 428 g/mol. The van der Waals surface area contributed by atoms with Crippen molar-refractivity contribution < 1.29 is 0 Å². The first-order chi connectivity index (χ1) is 10.6. The number of alkyl halides is 1. The molecule has 0 N–H and O–H groups in total. The summed E-state index contributed by atoms with van der Waals surface area (Å²) in [6.45, 7) is 2.16. The van der Waals surface area contributed by atoms with E-state index >= 15 is 0 Å². The van der Waals surface area contributed by atoms with Gasteiger partial charge in [-0.15, -0.1) is 0 Å². The summed E-state index contributed by atoms with van der Waals surface area (Å²) in [4.78, 5) is 8.92. The lowest BCUT2D eigenvalue weighted by Crippen LogP contribution is -2.20. The van der Waals surface area contributed by atoms with Crippen LogP contribution in [-0.2, 0) is 0 Å². The fourth-order valence-electron chi connectivity index (χ4n) is 3.39. The zero-order valence-electron chi connectivity index (χ0n) is 12.5. The molecule has 2 heterocycles. The number of pyridine rings is 1. The lowest BCUT2D eigenvalue weighted by Gasteiger charge is -2.30. The second-order valence-corrected chi connectivity index (χ2v) is 8.24. The van der Waals surface area contributed by atoms with Crippen molar-refractivity contribution in [2.24, 2.45) is 5.92 Å². The molecular formula is C16H18ClIN4. The summed E-state index contributed by atoms with van der Waals surface area (Å²) in [5.41, 5.74) is 2.00. The molecule has 6 heteroatoms. The van der Waals surface area contributed by atoms with Crippen LogP contribution in [0.25, 0.3) is 11.0 Å². The Morgan fingerprint density at radius 3 is 2.82 bits per heavy atom. The quantitative estimate of drug-likeness (QED) is 0.382. The smallest absolute Gasteiger partial charge is 0.131 e. The van der Waals surface area contributed by atoms with Gasteiger partial charge in [-0.3, -0.25) is 0 Å². The minimum Gasteiger partial charge on any atom is -0.324 e. The largest absolute Gasteiger partial charge is 0.324 e. The van der Waals surface area contributed by atoms with Crippen LogP contribution < -0.4 is 0 Å². The van der Waals surface area contributed by atoms with E-state index in [-0.39, 0.29) is 0 Å². The van der Waals surface area contributed by atoms with Gasteiger partial charge in [-0.2, -0.15) is 5.26 Å². The number of nitrogens with zero attached hydrogens (tertiary/aromatic N) is 4. The lowest BCUT2D eigenvalue weighted by molar-refractivity contribution is 0.278. The number of fused-ring (bicyclic) bond motifs is 1. The van der Waals surface area contributed by atoms with Gasteiger partial charge in [0.05, 0.1) is 21.7 Å². The van der Waals surface area contributed by atoms with Gasteiger partial charge in [-0.25, -0.2) is 9.97 Å². The maximum absolute atomic E-state index is 8.87. The first kappa shape index (κ1) is 16.0. The molecule has 0 unspecified atom stereocenters. The SMILES string of the molecule is C[C@@H](I)c1nc2cnc(Cl)cc2n1[C@H]1CC[C@H](CC#N)CC1. The normalized spacial score (nSPS) is 23.4. The van der Waals surface area contributed by atoms with Crippen molar-refractivity contribution in [3.8, 4) is 6.07 Å². The zero-order chi connectivity index (χ0) is 15.7. The van der Waals surface area contributed by atoms with Gasteiger partial charge < -0.3 is 4.57 Å². The van der Waals surface area contributed by atoms with Crippen LogP contribution in [0.4, 0.5) is 0 Å². The van der Waals surface area contributed by atoms with Crippen molar-refractivity contribution in [3.63, 3.8) is 0 Å². The number of imidazole rings is 1. The predicted octanol–water partition coefficient (Wildman–Crippen LogP) is 5.23. The van der Waals surface area contributed by atoms with Gasteiger partial charge in [0.25, 0.3) is 0 Å². The average molecular weight is 429 g/mol. The summed E-state index contributed by atoms with van der Waals surface area (Å²) < 4.78 is 2.70. The highest BCUT2D eigenvalue weighted by Crippen LogP contribution is 2.38. The second kappa shape index (κ2) is 6.71. The number of rotatable bonds is 3. The molecule has 0 bridgehead atoms. The summed E-state index contributed by atoms with van der Waals surface area (Å²) in [6, 6.07) is 4.68. The molecule has 4 nitrogen and oxygen atoms in total. The fraction of sp³-hybridized carbons (Fsp3) is 0.562. The van der Waals surface area contributed by atoms with Crippen LogP contribution in [0.3, 0.4) is 0 Å². The lowest BCUT2D eigenvalue weighted by atomic mass is 9.84. The molecular weight excluding hydrogens is 411 g/mol. The van der Waals surface area contributed by atoms with Gasteiger partial charge in [0, 0.05) is 18.5 Å². The Kier molecular flexibility index (Phi) is 4.88. The molecule has 0 amide bonds. The summed E-state index contributed by atoms with van der Waals surface area (Å²) in [5, 5.41) is 9.38. The minimum absolute atomic E-state index is 0.334. The maximum atomic E-state index is 8.87. The highest BCUT2D eigenvalue weighted by Gasteiger charge is 2.26. The molecule has 0 aromatic carbocycles. The Morgan fingerprint density at radius 1 is 1.45 bits per heavy atom. The molecule has 22 heavy (non-hydrogen) atoms. The van der Waals surface area contributed by atoms with Crippen molar-refractivity contribution in [1.82, 2.24) is 14.5 Å². The molecule has 1 fully saturated rings. The predicted molar refractivity (Wildman–Crippen MR) is 96.2 cm³/mol. The third kappa shape index (κ3) is 3.09. The Morgan fingerprint density at radius 2 is 2.18 bits per heavy atom. The fourth-order valence-corrected chi connectivity index (χ4v) is 3.98. The third-order valence-electron chi connectivity index (χ3n) is 4.49. The number of hydrogen-bond acceptors (Lipinski definition) is 3. The zero-order valence-corrected chi connectivity index (χ0v) is 15.4. The Labute approximate surface area is 149 Å². The Bertz CT molecular complexity index is 711. The number of aromatic nitrogens is 3. The van der Waals surface area contributed by atoms with Crippen molar-refractivity contribution in [1.29, 1.82) is 5.26 Å². The van der Waals surface area contributed by atoms with E-state index in [0.29, 0.717) is 27.5 Å². The van der Waals surface area contributed by atoms with Crippen LogP contribution in [-0.4, -0.2) is 14.5 Å². The van der Waals surface area contributed by atoms with Crippen molar-refractivity contribution in [2.45, 2.75) is 49.0 Å². The van der Waals surface area contributed by atoms with Crippen LogP contribution in [0.1, 0.15) is 54.8 Å². The van der Waals surface area contributed by atoms with E-state index in [1.807, 2.05) is 6.07 Å². The first-order valence-electron chi connectivity index (χ1n) is 7.64. The van der Waals surface area contributed by atoms with E-state index in [1.165, 1.54) is 0 Å². The molecule has 3 rings (SSSR count). The number of hydrogen-bond donors (Lipinski definition) is 0. The minimum atomic E-state index is 0.334. The Hall–Kier alpha value is -0.870. The van der Waals surface area contributed by atoms with Crippen LogP contribution >= 0.6 is 34.2 Å². The molecule has 2 aromatic heterocycles. The standard InChI is InChI=1S/C16H18ClIN4/c1-10(18)16-21-13-9-20-15(17)8-14(13)22(16)12-4-2-11(3-5-12)6-7-19/h8-12H,2-6H2,1H3/t10-,11-,12-/m1/s1. The van der Waals surface area contributed by atoms with Crippen LogP contribution in [0, 0.1) is 17.2 Å². The van der Waals surface area contributed by atoms with Gasteiger partial charge >= 0.3 is 0 Å². The molecule has 0 aliphatic heterocycles. The summed E-state index contributed by atoms with van der Waals surface area (Å²) in [5.74, 6) is 1.66. The summed E-state index contributed by atoms with van der Waals surface area (Å²) in [6.07, 6.45) is 6.89. The maximum Gasteiger partial charge on any atom is 0.131 e. The van der Waals surface area contributed by atoms with Crippen molar-refractivity contribution in [2.75, 3.05) is 0 Å². The third-order valence-corrected chi connectivity index (χ3v) is 5.25. The number of nitriles is 1. The van der Waals surface area contributed by atoms with E-state index < -0.39 is 0 Å². The molecule has 116 valence electrons. The molecule has 1 atom stereocenters. The summed E-state index contributed by atoms with van der Waals surface area (Å²) >= 11 is 8.50. The van der Waals surface area contributed by atoms with Gasteiger partial charge in [-0.1, -0.05) is 34.2 Å². The molecule has 1 aliphatic rings. The summed E-state index contributed by atoms with van der Waals surface area (Å²) in [7, 11) is 0. The van der Waals surface area contributed by atoms with Crippen LogP contribution in [0.5, 0.6) is 0 Å². The highest BCUT2D eigenvalue weighted by molar-refractivity contribution is 14.1. The Balaban J connectivity index is 1.97. The molecule has 2 aromatic rings. The van der Waals surface area contributed by atoms with Gasteiger partial charge in [0.15, 0.2) is 0 Å². The van der Waals surface area contributed by atoms with Crippen molar-refractivity contribution in [3.05, 3.63) is 23.2 Å². The van der Waals surface area contributed by atoms with Gasteiger partial charge in [0.1, 0.15) is 16.5 Å². The average Bonchev–Trinajstić information content (AvgIpc) is 2.87. The number of halogens is 2. The van der Waals surface area contributed by atoms with E-state index in [1.54, 1.807) is 6.20 Å². The van der Waals surface area contributed by atoms with E-state index in [2.05, 4.69) is 45.1 Å². The molecule has 1 aliphatic carbocycles. The molecule has 0 spiro atoms. The van der Waals surface area contributed by atoms with Crippen LogP contribution in [0.15, 0.2) is 12.3 Å². The van der Waals surface area contributed by atoms with Gasteiger partial charge in [0.2, 0.25) is 0 Å². The van der Waals surface area contributed by atoms with Gasteiger partial charge in [-0.05, 0) is 38.5 Å². The topological polar surface area (TPSA) is 54.5 Å². The first-order valence-corrected chi connectivity index (χ1v) is 9.27. The molecule has 1 saturated carbocycles. The van der Waals surface area contributed by atoms with E-state index in [9.17, 15) is 0 Å². The van der Waals surface area contributed by atoms with Crippen molar-refractivity contribution >= 4 is 45.2 Å². The van der Waals surface area contributed by atoms with E-state index in [4.69, 9.17) is 21.8 Å². The highest BCUT2D eigenvalue weighted by atomic mass is 127. The molecule has 0 radical (unpaired) electrons.